The third-order valence-electron chi connectivity index (χ3n) is 5.24. The molecule has 0 spiro atoms. The van der Waals surface area contributed by atoms with Crippen LogP contribution in [0.3, 0.4) is 0 Å². The van der Waals surface area contributed by atoms with Crippen molar-refractivity contribution in [2.24, 2.45) is 0 Å². The van der Waals surface area contributed by atoms with Gasteiger partial charge in [0, 0.05) is 24.9 Å². The van der Waals surface area contributed by atoms with Gasteiger partial charge in [-0.3, -0.25) is 4.79 Å². The molecule has 32 heavy (non-hydrogen) atoms. The fraction of sp³-hybridized carbons (Fsp3) is 0.318. The number of hydrogen-bond donors (Lipinski definition) is 1. The number of carbonyl (C=O) groups excluding carboxylic acids is 1. The number of nitrogens with one attached hydrogen (secondary N) is 1. The maximum absolute atomic E-state index is 13.1. The molecule has 1 amide bonds. The smallest absolute Gasteiger partial charge is 0.248 e. The van der Waals surface area contributed by atoms with Crippen molar-refractivity contribution in [1.82, 2.24) is 4.31 Å². The molecule has 0 aliphatic carbocycles. The lowest BCUT2D eigenvalue weighted by Crippen LogP contribution is -2.35. The van der Waals surface area contributed by atoms with Crippen molar-refractivity contribution < 1.29 is 27.4 Å². The molecule has 2 aromatic carbocycles. The molecule has 0 saturated carbocycles. The lowest BCUT2D eigenvalue weighted by molar-refractivity contribution is -0.111. The number of fused-ring (bicyclic) bond motifs is 1. The number of rotatable bonds is 6. The van der Waals surface area contributed by atoms with Crippen molar-refractivity contribution in [2.45, 2.75) is 24.2 Å². The predicted molar refractivity (Wildman–Crippen MR) is 121 cm³/mol. The quantitative estimate of drug-likeness (QED) is 0.633. The van der Waals surface area contributed by atoms with Crippen LogP contribution in [0.2, 0.25) is 5.02 Å². The lowest BCUT2D eigenvalue weighted by Gasteiger charge is -2.26. The van der Waals surface area contributed by atoms with E-state index >= 15 is 0 Å². The van der Waals surface area contributed by atoms with Gasteiger partial charge in [0.2, 0.25) is 22.7 Å². The molecule has 0 bridgehead atoms. The van der Waals surface area contributed by atoms with Gasteiger partial charge in [0.05, 0.1) is 12.1 Å². The zero-order valence-corrected chi connectivity index (χ0v) is 19.0. The number of anilines is 1. The van der Waals surface area contributed by atoms with E-state index in [2.05, 4.69) is 5.32 Å². The van der Waals surface area contributed by atoms with Crippen LogP contribution in [-0.4, -0.2) is 45.6 Å². The van der Waals surface area contributed by atoms with E-state index in [1.165, 1.54) is 29.6 Å². The fourth-order valence-electron chi connectivity index (χ4n) is 3.64. The monoisotopic (exact) mass is 478 g/mol. The van der Waals surface area contributed by atoms with E-state index in [0.29, 0.717) is 40.9 Å². The second-order valence-electron chi connectivity index (χ2n) is 7.39. The highest BCUT2D eigenvalue weighted by Gasteiger charge is 2.29. The predicted octanol–water partition coefficient (Wildman–Crippen LogP) is 3.90. The van der Waals surface area contributed by atoms with Crippen LogP contribution in [0.1, 0.15) is 24.8 Å². The van der Waals surface area contributed by atoms with E-state index < -0.39 is 15.9 Å². The molecule has 0 aromatic heterocycles. The Balaban J connectivity index is 1.52. The minimum Gasteiger partial charge on any atom is -0.495 e. The van der Waals surface area contributed by atoms with Gasteiger partial charge in [0.1, 0.15) is 10.6 Å². The molecule has 1 saturated heterocycles. The Morgan fingerprint density at radius 3 is 2.69 bits per heavy atom. The number of hydrogen-bond acceptors (Lipinski definition) is 6. The first-order chi connectivity index (χ1) is 15.4. The highest BCUT2D eigenvalue weighted by Crippen LogP contribution is 2.40. The Bertz CT molecular complexity index is 1160. The summed E-state index contributed by atoms with van der Waals surface area (Å²) in [6.45, 7) is 1.05. The molecule has 10 heteroatoms. The van der Waals surface area contributed by atoms with Crippen molar-refractivity contribution >= 4 is 39.3 Å². The van der Waals surface area contributed by atoms with E-state index in [9.17, 15) is 13.2 Å². The lowest BCUT2D eigenvalue weighted by atomic mass is 10.2. The second-order valence-corrected chi connectivity index (χ2v) is 9.70. The normalized spacial score (nSPS) is 16.3. The van der Waals surface area contributed by atoms with Crippen LogP contribution >= 0.6 is 11.6 Å². The van der Waals surface area contributed by atoms with E-state index in [-0.39, 0.29) is 17.4 Å². The Morgan fingerprint density at radius 2 is 1.94 bits per heavy atom. The highest BCUT2D eigenvalue weighted by molar-refractivity contribution is 7.89. The standard InChI is InChI=1S/C22H23ClN2O6S/c1-29-18-7-6-16(13-20(18)32(27,28)25-9-3-2-4-10-25)24-21(26)8-5-15-11-17(23)22-19(12-15)30-14-31-22/h5-8,11-13H,2-4,9-10,14H2,1H3,(H,24,26). The van der Waals surface area contributed by atoms with Crippen LogP contribution in [0.5, 0.6) is 17.2 Å². The third kappa shape index (κ3) is 4.69. The van der Waals surface area contributed by atoms with Gasteiger partial charge in [-0.15, -0.1) is 0 Å². The molecule has 1 fully saturated rings. The Hall–Kier alpha value is -2.75. The topological polar surface area (TPSA) is 94.2 Å². The van der Waals surface area contributed by atoms with Crippen molar-refractivity contribution in [2.75, 3.05) is 32.3 Å². The van der Waals surface area contributed by atoms with Crippen LogP contribution in [0, 0.1) is 0 Å². The van der Waals surface area contributed by atoms with Crippen molar-refractivity contribution in [3.8, 4) is 17.2 Å². The Kier molecular flexibility index (Phi) is 6.59. The average Bonchev–Trinajstić information content (AvgIpc) is 3.28. The first kappa shape index (κ1) is 22.4. The van der Waals surface area contributed by atoms with Crippen molar-refractivity contribution in [3.63, 3.8) is 0 Å². The summed E-state index contributed by atoms with van der Waals surface area (Å²) in [5.41, 5.74) is 1.01. The number of sulfonamides is 1. The summed E-state index contributed by atoms with van der Waals surface area (Å²) in [4.78, 5) is 12.5. The Labute approximate surface area is 191 Å². The van der Waals surface area contributed by atoms with Gasteiger partial charge in [0.25, 0.3) is 0 Å². The summed E-state index contributed by atoms with van der Waals surface area (Å²) >= 11 is 6.16. The molecular formula is C22H23ClN2O6S. The van der Waals surface area contributed by atoms with Gasteiger partial charge in [-0.25, -0.2) is 8.42 Å². The van der Waals surface area contributed by atoms with Crippen LogP contribution in [0.15, 0.2) is 41.3 Å². The van der Waals surface area contributed by atoms with Crippen LogP contribution in [0.4, 0.5) is 5.69 Å². The van der Waals surface area contributed by atoms with Gasteiger partial charge >= 0.3 is 0 Å². The number of piperidine rings is 1. The first-order valence-electron chi connectivity index (χ1n) is 10.1. The van der Waals surface area contributed by atoms with Gasteiger partial charge in [-0.1, -0.05) is 18.0 Å². The molecule has 0 unspecified atom stereocenters. The Morgan fingerprint density at radius 1 is 1.16 bits per heavy atom. The SMILES string of the molecule is COc1ccc(NC(=O)C=Cc2cc(Cl)c3c(c2)OCO3)cc1S(=O)(=O)N1CCCCC1. The summed E-state index contributed by atoms with van der Waals surface area (Å²) in [5.74, 6) is 0.804. The fourth-order valence-corrected chi connectivity index (χ4v) is 5.61. The summed E-state index contributed by atoms with van der Waals surface area (Å²) in [6, 6.07) is 7.93. The number of halogens is 1. The maximum Gasteiger partial charge on any atom is 0.248 e. The molecule has 2 heterocycles. The first-order valence-corrected chi connectivity index (χ1v) is 12.0. The minimum atomic E-state index is -3.73. The number of nitrogens with zero attached hydrogens (tertiary/aromatic N) is 1. The highest BCUT2D eigenvalue weighted by atomic mass is 35.5. The molecular weight excluding hydrogens is 456 g/mol. The second kappa shape index (κ2) is 9.40. The number of methoxy groups -OCH3 is 1. The molecule has 170 valence electrons. The zero-order chi connectivity index (χ0) is 22.7. The number of carbonyl (C=O) groups is 1. The van der Waals surface area contributed by atoms with Crippen LogP contribution < -0.4 is 19.5 Å². The number of amides is 1. The maximum atomic E-state index is 13.1. The average molecular weight is 479 g/mol. The van der Waals surface area contributed by atoms with E-state index in [1.807, 2.05) is 0 Å². The van der Waals surface area contributed by atoms with E-state index in [4.69, 9.17) is 25.8 Å². The van der Waals surface area contributed by atoms with Crippen LogP contribution in [0.25, 0.3) is 6.08 Å². The van der Waals surface area contributed by atoms with Crippen LogP contribution in [-0.2, 0) is 14.8 Å². The van der Waals surface area contributed by atoms with Gasteiger partial charge in [-0.05, 0) is 54.8 Å². The summed E-state index contributed by atoms with van der Waals surface area (Å²) in [5, 5.41) is 3.08. The molecule has 4 rings (SSSR count). The third-order valence-corrected chi connectivity index (χ3v) is 7.44. The zero-order valence-electron chi connectivity index (χ0n) is 17.5. The summed E-state index contributed by atoms with van der Waals surface area (Å²) < 4.78 is 43.6. The molecule has 0 atom stereocenters. The molecule has 8 nitrogen and oxygen atoms in total. The van der Waals surface area contributed by atoms with Crippen molar-refractivity contribution in [3.05, 3.63) is 47.0 Å². The summed E-state index contributed by atoms with van der Waals surface area (Å²) in [7, 11) is -2.31. The largest absolute Gasteiger partial charge is 0.495 e. The van der Waals surface area contributed by atoms with E-state index in [1.54, 1.807) is 24.3 Å². The molecule has 1 N–H and O–H groups in total. The molecule has 2 aliphatic rings. The molecule has 0 radical (unpaired) electrons. The van der Waals surface area contributed by atoms with Gasteiger partial charge in [0.15, 0.2) is 11.5 Å². The van der Waals surface area contributed by atoms with E-state index in [0.717, 1.165) is 19.3 Å². The molecule has 2 aromatic rings. The molecule has 2 aliphatic heterocycles. The van der Waals surface area contributed by atoms with Crippen molar-refractivity contribution in [1.29, 1.82) is 0 Å². The minimum absolute atomic E-state index is 0.0335. The summed E-state index contributed by atoms with van der Waals surface area (Å²) in [6.07, 6.45) is 5.58. The number of benzene rings is 2. The van der Waals surface area contributed by atoms with Gasteiger partial charge < -0.3 is 19.5 Å². The van der Waals surface area contributed by atoms with Gasteiger partial charge in [-0.2, -0.15) is 4.31 Å². The number of ether oxygens (including phenoxy) is 3.